The molecule has 0 spiro atoms. The molecule has 5 aliphatic rings. The molecule has 0 aromatic heterocycles. The summed E-state index contributed by atoms with van der Waals surface area (Å²) in [6.45, 7) is 11.7. The van der Waals surface area contributed by atoms with E-state index in [0.29, 0.717) is 49.1 Å². The van der Waals surface area contributed by atoms with Gasteiger partial charge in [-0.25, -0.2) is 0 Å². The van der Waals surface area contributed by atoms with Crippen molar-refractivity contribution < 1.29 is 19.2 Å². The molecule has 8 atom stereocenters. The minimum atomic E-state index is -0.252. The number of hydrogen-bond acceptors (Lipinski definition) is 5. The molecule has 0 heterocycles. The van der Waals surface area contributed by atoms with Gasteiger partial charge in [-0.3, -0.25) is 9.59 Å². The maximum absolute atomic E-state index is 13.3. The number of carbonyl (C=O) groups excluding carboxylic acids is 2. The Morgan fingerprint density at radius 3 is 2.58 bits per heavy atom. The van der Waals surface area contributed by atoms with E-state index in [1.807, 2.05) is 6.92 Å². The lowest BCUT2D eigenvalue weighted by molar-refractivity contribution is -0.148. The van der Waals surface area contributed by atoms with Gasteiger partial charge in [-0.15, -0.1) is 0 Å². The fourth-order valence-corrected chi connectivity index (χ4v) is 10.3. The molecule has 0 bridgehead atoms. The van der Waals surface area contributed by atoms with E-state index >= 15 is 0 Å². The van der Waals surface area contributed by atoms with Crippen molar-refractivity contribution in [2.75, 3.05) is 13.2 Å². The van der Waals surface area contributed by atoms with Gasteiger partial charge in [0, 0.05) is 18.8 Å². The quantitative estimate of drug-likeness (QED) is 0.227. The molecule has 5 aliphatic carbocycles. The molecule has 0 radical (unpaired) electrons. The van der Waals surface area contributed by atoms with E-state index in [2.05, 4.69) is 32.0 Å². The van der Waals surface area contributed by atoms with Gasteiger partial charge in [-0.05, 0) is 105 Å². The summed E-state index contributed by atoms with van der Waals surface area (Å²) >= 11 is 0. The number of rotatable bonds is 6. The Morgan fingerprint density at radius 2 is 1.83 bits per heavy atom. The van der Waals surface area contributed by atoms with Gasteiger partial charge in [-0.2, -0.15) is 0 Å². The van der Waals surface area contributed by atoms with Crippen molar-refractivity contribution in [1.29, 1.82) is 0 Å². The highest BCUT2D eigenvalue weighted by atomic mass is 16.6. The predicted octanol–water partition coefficient (Wildman–Crippen LogP) is 6.90. The Morgan fingerprint density at radius 1 is 1.03 bits per heavy atom. The first-order valence-corrected chi connectivity index (χ1v) is 14.7. The van der Waals surface area contributed by atoms with Crippen LogP contribution in [-0.2, 0) is 19.2 Å². The van der Waals surface area contributed by atoms with Crippen LogP contribution in [0.3, 0.4) is 0 Å². The molecule has 0 amide bonds. The second-order valence-electron chi connectivity index (χ2n) is 13.3. The lowest BCUT2D eigenvalue weighted by atomic mass is 9.43. The minimum Gasteiger partial charge on any atom is -0.466 e. The molecule has 0 aromatic carbocycles. The summed E-state index contributed by atoms with van der Waals surface area (Å²) in [5.41, 5.74) is 3.00. The molecule has 5 rings (SSSR count). The van der Waals surface area contributed by atoms with Crippen LogP contribution in [0.1, 0.15) is 105 Å². The van der Waals surface area contributed by atoms with Crippen molar-refractivity contribution in [3.8, 4) is 0 Å². The van der Waals surface area contributed by atoms with Crippen molar-refractivity contribution in [3.63, 3.8) is 0 Å². The van der Waals surface area contributed by atoms with Crippen molar-refractivity contribution in [3.05, 3.63) is 11.6 Å². The average Bonchev–Trinajstić information content (AvgIpc) is 3.12. The Hall–Kier alpha value is -1.65. The van der Waals surface area contributed by atoms with Crippen LogP contribution in [0.5, 0.6) is 0 Å². The van der Waals surface area contributed by atoms with E-state index < -0.39 is 0 Å². The van der Waals surface area contributed by atoms with Crippen LogP contribution in [-0.4, -0.2) is 30.7 Å². The lowest BCUT2D eigenvalue weighted by Gasteiger charge is -2.61. The number of ether oxygens (including phenoxy) is 1. The minimum absolute atomic E-state index is 0.0552. The van der Waals surface area contributed by atoms with Crippen LogP contribution in [0.25, 0.3) is 0 Å². The third kappa shape index (κ3) is 3.89. The number of ketones is 1. The van der Waals surface area contributed by atoms with Crippen molar-refractivity contribution in [2.24, 2.45) is 51.0 Å². The number of allylic oxidation sites excluding steroid dienone is 2. The zero-order valence-electron chi connectivity index (χ0n) is 23.2. The van der Waals surface area contributed by atoms with Gasteiger partial charge < -0.3 is 9.57 Å². The smallest absolute Gasteiger partial charge is 0.302 e. The summed E-state index contributed by atoms with van der Waals surface area (Å²) in [4.78, 5) is 29.8. The molecule has 4 fully saturated rings. The van der Waals surface area contributed by atoms with Gasteiger partial charge in [0.2, 0.25) is 0 Å². The molecule has 0 aromatic rings. The largest absolute Gasteiger partial charge is 0.466 e. The number of oxime groups is 1. The molecule has 5 nitrogen and oxygen atoms in total. The Kier molecular flexibility index (Phi) is 6.91. The second-order valence-corrected chi connectivity index (χ2v) is 13.3. The zero-order valence-corrected chi connectivity index (χ0v) is 23.2. The third-order valence-corrected chi connectivity index (χ3v) is 11.8. The molecular weight excluding hydrogens is 450 g/mol. The monoisotopic (exact) mass is 497 g/mol. The van der Waals surface area contributed by atoms with Crippen LogP contribution in [0.2, 0.25) is 0 Å². The molecule has 0 saturated heterocycles. The van der Waals surface area contributed by atoms with Gasteiger partial charge in [0.25, 0.3) is 0 Å². The summed E-state index contributed by atoms with van der Waals surface area (Å²) in [5.74, 6) is 3.55. The van der Waals surface area contributed by atoms with Gasteiger partial charge in [0.15, 0.2) is 0 Å². The van der Waals surface area contributed by atoms with Crippen molar-refractivity contribution in [2.45, 2.75) is 105 Å². The number of hydrogen-bond donors (Lipinski definition) is 0. The van der Waals surface area contributed by atoms with Crippen LogP contribution in [0.15, 0.2) is 16.8 Å². The van der Waals surface area contributed by atoms with Crippen LogP contribution in [0.4, 0.5) is 0 Å². The Bertz CT molecular complexity index is 954. The number of Topliss-reactive ketones (excluding diaryl/α,β-unsaturated/α-hetero) is 1. The van der Waals surface area contributed by atoms with E-state index in [9.17, 15) is 9.59 Å². The second kappa shape index (κ2) is 9.58. The number of esters is 1. The fraction of sp³-hybridized carbons (Fsp3) is 0.839. The summed E-state index contributed by atoms with van der Waals surface area (Å²) in [7, 11) is 0. The van der Waals surface area contributed by atoms with Gasteiger partial charge >= 0.3 is 5.97 Å². The molecule has 200 valence electrons. The SMILES string of the molecule is CC(=O)OCCCO/N=C1/C=C2[C@@H](C)C[C@@H]3[C@H](CC[C@@]4(C)[C@H]3C[C@H]3CCCC[C@]34C(C)=O)[C@@]2(C)CC1. The standard InChI is InChI=1S/C31H47NO4/c1-20-17-25-26(11-14-30(5)28(25)18-23-9-6-7-12-31(23,30)21(2)33)29(4)13-10-24(19-27(20)29)32-36-16-8-15-35-22(3)34/h19-20,23,25-26,28H,6-18H2,1-5H3/b32-24+/t20-,23+,25+,26-,28-,29+,30-,31-/m0/s1. The molecule has 36 heavy (non-hydrogen) atoms. The first kappa shape index (κ1) is 26.0. The predicted molar refractivity (Wildman–Crippen MR) is 141 cm³/mol. The topological polar surface area (TPSA) is 65.0 Å². The Labute approximate surface area is 217 Å². The number of fused-ring (bicyclic) bond motifs is 7. The van der Waals surface area contributed by atoms with Gasteiger partial charge in [-0.1, -0.05) is 44.3 Å². The number of carbonyl (C=O) groups is 2. The zero-order chi connectivity index (χ0) is 25.7. The van der Waals surface area contributed by atoms with E-state index in [1.54, 1.807) is 5.57 Å². The highest BCUT2D eigenvalue weighted by molar-refractivity contribution is 5.96. The third-order valence-electron chi connectivity index (χ3n) is 11.8. The van der Waals surface area contributed by atoms with Gasteiger partial charge in [0.1, 0.15) is 12.4 Å². The van der Waals surface area contributed by atoms with E-state index in [-0.39, 0.29) is 22.2 Å². The molecule has 5 heteroatoms. The average molecular weight is 498 g/mol. The molecule has 0 aliphatic heterocycles. The lowest BCUT2D eigenvalue weighted by Crippen LogP contribution is -2.56. The normalized spacial score (nSPS) is 44.5. The summed E-state index contributed by atoms with van der Waals surface area (Å²) in [6.07, 6.45) is 15.1. The summed E-state index contributed by atoms with van der Waals surface area (Å²) < 4.78 is 4.97. The van der Waals surface area contributed by atoms with Crippen LogP contribution >= 0.6 is 0 Å². The fourth-order valence-electron chi connectivity index (χ4n) is 10.3. The number of nitrogens with zero attached hydrogens (tertiary/aromatic N) is 1. The molecular formula is C31H47NO4. The van der Waals surface area contributed by atoms with E-state index in [1.165, 1.54) is 51.9 Å². The highest BCUT2D eigenvalue weighted by Gasteiger charge is 2.69. The molecule has 0 N–H and O–H groups in total. The first-order chi connectivity index (χ1) is 17.1. The maximum Gasteiger partial charge on any atom is 0.302 e. The van der Waals surface area contributed by atoms with E-state index in [0.717, 1.165) is 30.9 Å². The van der Waals surface area contributed by atoms with Crippen LogP contribution < -0.4 is 0 Å². The first-order valence-electron chi connectivity index (χ1n) is 14.7. The molecule has 4 saturated carbocycles. The summed E-state index contributed by atoms with van der Waals surface area (Å²) in [5, 5.41) is 4.46. The highest BCUT2D eigenvalue weighted by Crippen LogP contribution is 2.74. The Balaban J connectivity index is 1.34. The van der Waals surface area contributed by atoms with Crippen molar-refractivity contribution in [1.82, 2.24) is 0 Å². The van der Waals surface area contributed by atoms with Crippen LogP contribution in [0, 0.1) is 45.8 Å². The summed E-state index contributed by atoms with van der Waals surface area (Å²) in [6, 6.07) is 0. The molecule has 0 unspecified atom stereocenters. The van der Waals surface area contributed by atoms with E-state index in [4.69, 9.17) is 9.57 Å². The van der Waals surface area contributed by atoms with Crippen molar-refractivity contribution >= 4 is 17.5 Å². The maximum atomic E-state index is 13.3. The van der Waals surface area contributed by atoms with Gasteiger partial charge in [0.05, 0.1) is 12.3 Å².